The van der Waals surface area contributed by atoms with Gasteiger partial charge in [-0.05, 0) is 36.0 Å². The van der Waals surface area contributed by atoms with Gasteiger partial charge in [-0.15, -0.1) is 0 Å². The van der Waals surface area contributed by atoms with Crippen LogP contribution in [0.25, 0.3) is 0 Å². The molecule has 10 heteroatoms. The van der Waals surface area contributed by atoms with Gasteiger partial charge in [0, 0.05) is 38.1 Å². The third-order valence-electron chi connectivity index (χ3n) is 5.15. The summed E-state index contributed by atoms with van der Waals surface area (Å²) in [6.07, 6.45) is 2.53. The topological polar surface area (TPSA) is 130 Å². The molecular weight excluding hydrogens is 567 g/mol. The van der Waals surface area contributed by atoms with Gasteiger partial charge in [0.25, 0.3) is 0 Å². The highest BCUT2D eigenvalue weighted by atomic mass is 27.0. The van der Waals surface area contributed by atoms with Crippen molar-refractivity contribution in [2.75, 3.05) is 0 Å². The van der Waals surface area contributed by atoms with E-state index in [1.807, 2.05) is 91.0 Å². The molecule has 0 aliphatic carbocycles. The van der Waals surface area contributed by atoms with Crippen molar-refractivity contribution in [1.29, 1.82) is 0 Å². The quantitative estimate of drug-likeness (QED) is 0.147. The fourth-order valence-electron chi connectivity index (χ4n) is 3.31. The molecule has 3 rings (SSSR count). The highest BCUT2D eigenvalue weighted by Crippen LogP contribution is 2.05. The molecule has 0 fully saturated rings. The lowest BCUT2D eigenvalue weighted by Crippen LogP contribution is -2.09. The number of benzene rings is 3. The molecule has 225 valence electrons. The molecule has 3 aromatic carbocycles. The van der Waals surface area contributed by atoms with Crippen molar-refractivity contribution in [3.8, 4) is 0 Å². The van der Waals surface area contributed by atoms with E-state index >= 15 is 0 Å². The molecule has 0 unspecified atom stereocenters. The summed E-state index contributed by atoms with van der Waals surface area (Å²) >= 11 is 0. The Hall–Kier alpha value is -4.39. The van der Waals surface area contributed by atoms with Gasteiger partial charge in [0.05, 0.1) is 19.3 Å². The maximum atomic E-state index is 11.0. The molecule has 0 amide bonds. The zero-order chi connectivity index (χ0) is 31.2. The molecule has 0 aliphatic heterocycles. The normalized spacial score (nSPS) is 9.28. The van der Waals surface area contributed by atoms with Gasteiger partial charge < -0.3 is 14.2 Å². The van der Waals surface area contributed by atoms with E-state index in [2.05, 4.69) is 14.2 Å². The van der Waals surface area contributed by atoms with Crippen molar-refractivity contribution in [3.63, 3.8) is 0 Å². The molecule has 43 heavy (non-hydrogen) atoms. The number of hydrogen-bond acceptors (Lipinski definition) is 9. The van der Waals surface area contributed by atoms with Gasteiger partial charge >= 0.3 is 35.8 Å². The lowest BCUT2D eigenvalue weighted by atomic mass is 10.1. The van der Waals surface area contributed by atoms with Crippen molar-refractivity contribution in [1.82, 2.24) is 0 Å². The van der Waals surface area contributed by atoms with Crippen LogP contribution in [0.15, 0.2) is 91.0 Å². The lowest BCUT2D eigenvalue weighted by molar-refractivity contribution is -0.159. The number of rotatable bonds is 9. The van der Waals surface area contributed by atoms with E-state index in [1.165, 1.54) is 20.8 Å². The standard InChI is InChI=1S/3C11H12O3.Al/c3*1-9(12)14-11(13)8-7-10-5-3-2-4-6-10;/h3*2-6H,7-8H2,1H3;. The van der Waals surface area contributed by atoms with Crippen LogP contribution in [0.2, 0.25) is 0 Å². The predicted molar refractivity (Wildman–Crippen MR) is 160 cm³/mol. The van der Waals surface area contributed by atoms with E-state index in [4.69, 9.17) is 0 Å². The van der Waals surface area contributed by atoms with Crippen LogP contribution >= 0.6 is 0 Å². The summed E-state index contributed by atoms with van der Waals surface area (Å²) in [6.45, 7) is 3.67. The van der Waals surface area contributed by atoms with Crippen molar-refractivity contribution in [3.05, 3.63) is 108 Å². The summed E-state index contributed by atoms with van der Waals surface area (Å²) in [5.74, 6) is -3.07. The zero-order valence-corrected chi connectivity index (χ0v) is 25.8. The number of hydrogen-bond donors (Lipinski definition) is 0. The highest BCUT2D eigenvalue weighted by Gasteiger charge is 2.07. The van der Waals surface area contributed by atoms with Crippen LogP contribution in [0.5, 0.6) is 0 Å². The van der Waals surface area contributed by atoms with Crippen LogP contribution in [-0.4, -0.2) is 53.2 Å². The summed E-state index contributed by atoms with van der Waals surface area (Å²) in [4.78, 5) is 64.2. The first kappa shape index (κ1) is 38.6. The minimum atomic E-state index is -0.553. The van der Waals surface area contributed by atoms with Crippen molar-refractivity contribution >= 4 is 53.2 Å². The third kappa shape index (κ3) is 22.0. The Kier molecular flexibility index (Phi) is 20.8. The maximum absolute atomic E-state index is 11.0. The first-order valence-corrected chi connectivity index (χ1v) is 13.3. The van der Waals surface area contributed by atoms with Crippen LogP contribution < -0.4 is 0 Å². The third-order valence-corrected chi connectivity index (χ3v) is 5.15. The molecule has 0 saturated heterocycles. The average Bonchev–Trinajstić information content (AvgIpc) is 2.95. The molecule has 0 saturated carbocycles. The SMILES string of the molecule is CC(=O)OC(=O)CCc1ccccc1.CC(=O)OC(=O)CCc1ccccc1.CC(=O)OC(=O)CCc1ccccc1.[Al]. The van der Waals surface area contributed by atoms with E-state index in [1.54, 1.807) is 0 Å². The second-order valence-electron chi connectivity index (χ2n) is 8.85. The van der Waals surface area contributed by atoms with E-state index in [-0.39, 0.29) is 36.6 Å². The van der Waals surface area contributed by atoms with E-state index in [0.717, 1.165) is 16.7 Å². The average molecular weight is 604 g/mol. The summed E-state index contributed by atoms with van der Waals surface area (Å²) in [7, 11) is 0. The Morgan fingerprint density at radius 2 is 0.628 bits per heavy atom. The number of aryl methyl sites for hydroxylation is 3. The second-order valence-corrected chi connectivity index (χ2v) is 8.85. The summed E-state index contributed by atoms with van der Waals surface area (Å²) in [5, 5.41) is 0. The molecule has 0 aliphatic rings. The number of esters is 6. The Bertz CT molecular complexity index is 1120. The van der Waals surface area contributed by atoms with Gasteiger partial charge in [0.15, 0.2) is 0 Å². The van der Waals surface area contributed by atoms with Gasteiger partial charge in [0.1, 0.15) is 0 Å². The van der Waals surface area contributed by atoms with Crippen LogP contribution in [-0.2, 0) is 62.2 Å². The van der Waals surface area contributed by atoms with Crippen molar-refractivity contribution < 1.29 is 43.0 Å². The van der Waals surface area contributed by atoms with E-state index in [0.29, 0.717) is 19.3 Å². The Morgan fingerprint density at radius 3 is 0.814 bits per heavy atom. The van der Waals surface area contributed by atoms with Crippen LogP contribution in [0, 0.1) is 0 Å². The maximum Gasteiger partial charge on any atom is 0.313 e. The molecule has 0 N–H and O–H groups in total. The van der Waals surface area contributed by atoms with Gasteiger partial charge in [0.2, 0.25) is 0 Å². The van der Waals surface area contributed by atoms with Crippen LogP contribution in [0.3, 0.4) is 0 Å². The molecular formula is C33H36AlO9. The Balaban J connectivity index is 0.000000608. The van der Waals surface area contributed by atoms with Gasteiger partial charge in [-0.25, -0.2) is 0 Å². The fourth-order valence-corrected chi connectivity index (χ4v) is 3.31. The van der Waals surface area contributed by atoms with Crippen molar-refractivity contribution in [2.45, 2.75) is 59.3 Å². The van der Waals surface area contributed by atoms with E-state index < -0.39 is 35.8 Å². The molecule has 0 bridgehead atoms. The molecule has 0 atom stereocenters. The summed E-state index contributed by atoms with van der Waals surface area (Å²) < 4.78 is 13.2. The molecule has 0 heterocycles. The van der Waals surface area contributed by atoms with Gasteiger partial charge in [-0.1, -0.05) is 91.0 Å². The van der Waals surface area contributed by atoms with Gasteiger partial charge in [-0.2, -0.15) is 0 Å². The molecule has 0 spiro atoms. The monoisotopic (exact) mass is 603 g/mol. The lowest BCUT2D eigenvalue weighted by Gasteiger charge is -2.00. The first-order valence-electron chi connectivity index (χ1n) is 13.3. The second kappa shape index (κ2) is 23.2. The van der Waals surface area contributed by atoms with E-state index in [9.17, 15) is 28.8 Å². The number of ether oxygens (including phenoxy) is 3. The van der Waals surface area contributed by atoms with Gasteiger partial charge in [-0.3, -0.25) is 28.8 Å². The molecule has 3 radical (unpaired) electrons. The smallest absolute Gasteiger partial charge is 0.313 e. The minimum absolute atomic E-state index is 0. The zero-order valence-electron chi connectivity index (χ0n) is 24.7. The van der Waals surface area contributed by atoms with Crippen LogP contribution in [0.4, 0.5) is 0 Å². The summed E-state index contributed by atoms with van der Waals surface area (Å²) in [6, 6.07) is 28.8. The fraction of sp³-hybridized carbons (Fsp3) is 0.273. The molecule has 9 nitrogen and oxygen atoms in total. The number of carbonyl (C=O) groups is 6. The largest absolute Gasteiger partial charge is 0.393 e. The highest BCUT2D eigenvalue weighted by molar-refractivity contribution is 5.85. The molecule has 3 aromatic rings. The summed E-state index contributed by atoms with van der Waals surface area (Å²) in [5.41, 5.74) is 3.19. The van der Waals surface area contributed by atoms with Crippen LogP contribution in [0.1, 0.15) is 56.7 Å². The minimum Gasteiger partial charge on any atom is -0.393 e. The van der Waals surface area contributed by atoms with Crippen molar-refractivity contribution in [2.24, 2.45) is 0 Å². The first-order chi connectivity index (χ1) is 20.0. The number of carbonyl (C=O) groups excluding carboxylic acids is 6. The molecule has 0 aromatic heterocycles. The Morgan fingerprint density at radius 1 is 0.419 bits per heavy atom. The Labute approximate surface area is 262 Å². The predicted octanol–water partition coefficient (Wildman–Crippen LogP) is 4.75.